The molecule has 1 aliphatic rings. The largest absolute Gasteiger partial charge is 0.368 e. The molecule has 6 nitrogen and oxygen atoms in total. The maximum atomic E-state index is 14.2. The molecule has 2 heterocycles. The van der Waals surface area contributed by atoms with Gasteiger partial charge in [-0.15, -0.1) is 0 Å². The average molecular weight is 379 g/mol. The number of hydrogen-bond donors (Lipinski definition) is 0. The van der Waals surface area contributed by atoms with Gasteiger partial charge in [-0.05, 0) is 47.7 Å². The predicted molar refractivity (Wildman–Crippen MR) is 89.3 cm³/mol. The van der Waals surface area contributed by atoms with Gasteiger partial charge in [-0.1, -0.05) is 17.7 Å². The third-order valence-corrected chi connectivity index (χ3v) is 4.81. The summed E-state index contributed by atoms with van der Waals surface area (Å²) < 4.78 is 35.1. The number of hydrogen-bond acceptors (Lipinski definition) is 4. The van der Waals surface area contributed by atoms with E-state index in [9.17, 15) is 13.6 Å². The van der Waals surface area contributed by atoms with Crippen molar-refractivity contribution in [1.82, 2.24) is 19.8 Å². The summed E-state index contributed by atoms with van der Waals surface area (Å²) in [5.41, 5.74) is -0.907. The van der Waals surface area contributed by atoms with Gasteiger partial charge in [0.15, 0.2) is 0 Å². The van der Waals surface area contributed by atoms with E-state index < -0.39 is 29.0 Å². The normalized spacial score (nSPS) is 20.2. The zero-order valence-electron chi connectivity index (χ0n) is 13.6. The summed E-state index contributed by atoms with van der Waals surface area (Å²) in [6.07, 6.45) is 0. The summed E-state index contributed by atoms with van der Waals surface area (Å²) >= 11 is 5.85. The molecule has 0 spiro atoms. The number of halogens is 3. The summed E-state index contributed by atoms with van der Waals surface area (Å²) in [7, 11) is 0. The number of tetrazole rings is 1. The van der Waals surface area contributed by atoms with E-state index in [0.29, 0.717) is 10.7 Å². The van der Waals surface area contributed by atoms with E-state index in [-0.39, 0.29) is 12.2 Å². The van der Waals surface area contributed by atoms with Crippen LogP contribution in [0.15, 0.2) is 47.3 Å². The van der Waals surface area contributed by atoms with Crippen molar-refractivity contribution in [2.24, 2.45) is 0 Å². The van der Waals surface area contributed by atoms with E-state index in [1.807, 2.05) is 0 Å². The molecule has 2 atom stereocenters. The molecule has 0 bridgehead atoms. The lowest BCUT2D eigenvalue weighted by molar-refractivity contribution is 0.209. The number of benzene rings is 2. The third-order valence-electron chi connectivity index (χ3n) is 4.56. The summed E-state index contributed by atoms with van der Waals surface area (Å²) in [5, 5.41) is 8.30. The Kier molecular flexibility index (Phi) is 3.89. The van der Waals surface area contributed by atoms with Gasteiger partial charge in [-0.2, -0.15) is 9.36 Å². The quantitative estimate of drug-likeness (QED) is 0.655. The molecule has 0 N–H and O–H groups in total. The molecule has 0 saturated carbocycles. The van der Waals surface area contributed by atoms with Crippen LogP contribution in [-0.4, -0.2) is 26.4 Å². The minimum atomic E-state index is -1.08. The Balaban J connectivity index is 1.72. The first-order valence-corrected chi connectivity index (χ1v) is 8.20. The Morgan fingerprint density at radius 2 is 1.88 bits per heavy atom. The zero-order valence-corrected chi connectivity index (χ0v) is 14.3. The predicted octanol–water partition coefficient (Wildman–Crippen LogP) is 2.85. The Bertz CT molecular complexity index is 1030. The molecule has 0 aliphatic carbocycles. The van der Waals surface area contributed by atoms with Crippen molar-refractivity contribution in [2.75, 3.05) is 6.61 Å². The van der Waals surface area contributed by atoms with E-state index in [2.05, 4.69) is 10.4 Å². The van der Waals surface area contributed by atoms with Crippen molar-refractivity contribution in [3.63, 3.8) is 0 Å². The molecule has 1 aliphatic heterocycles. The molecule has 0 radical (unpaired) electrons. The van der Waals surface area contributed by atoms with Crippen LogP contribution < -0.4 is 5.69 Å². The van der Waals surface area contributed by atoms with Gasteiger partial charge >= 0.3 is 5.69 Å². The van der Waals surface area contributed by atoms with Gasteiger partial charge in [0.25, 0.3) is 0 Å². The van der Waals surface area contributed by atoms with Crippen molar-refractivity contribution in [3.05, 3.63) is 75.2 Å². The minimum absolute atomic E-state index is 0.180. The van der Waals surface area contributed by atoms with Crippen LogP contribution in [0.5, 0.6) is 0 Å². The standard InChI is InChI=1S/C17H13ClF2N4O2/c1-10(17(9-26-17)14-7-4-12(19)8-15(14)20)23-16(25)24(22-21-23)13-5-2-11(18)3-6-13/h2-8,10H,9H2,1H3/t10-,17-/m1/s1. The third kappa shape index (κ3) is 2.62. The van der Waals surface area contributed by atoms with Gasteiger partial charge in [0.1, 0.15) is 17.2 Å². The van der Waals surface area contributed by atoms with Gasteiger partial charge in [0.2, 0.25) is 0 Å². The van der Waals surface area contributed by atoms with E-state index >= 15 is 0 Å². The molecule has 0 unspecified atom stereocenters. The van der Waals surface area contributed by atoms with Gasteiger partial charge in [0, 0.05) is 16.7 Å². The summed E-state index contributed by atoms with van der Waals surface area (Å²) in [4.78, 5) is 12.7. The highest BCUT2D eigenvalue weighted by Crippen LogP contribution is 2.48. The number of ether oxygens (including phenoxy) is 1. The number of nitrogens with zero attached hydrogens (tertiary/aromatic N) is 4. The average Bonchev–Trinajstić information content (AvgIpc) is 3.32. The second kappa shape index (κ2) is 6.00. The van der Waals surface area contributed by atoms with Crippen LogP contribution in [0.25, 0.3) is 5.69 Å². The van der Waals surface area contributed by atoms with Gasteiger partial charge in [-0.25, -0.2) is 13.6 Å². The highest BCUT2D eigenvalue weighted by atomic mass is 35.5. The molecular formula is C17H13ClF2N4O2. The molecule has 1 aromatic heterocycles. The van der Waals surface area contributed by atoms with Crippen LogP contribution in [0.1, 0.15) is 18.5 Å². The van der Waals surface area contributed by atoms with Crippen molar-refractivity contribution in [1.29, 1.82) is 0 Å². The lowest BCUT2D eigenvalue weighted by atomic mass is 9.92. The molecule has 1 fully saturated rings. The molecule has 1 saturated heterocycles. The fraction of sp³-hybridized carbons (Fsp3) is 0.235. The lowest BCUT2D eigenvalue weighted by Gasteiger charge is -2.20. The maximum Gasteiger partial charge on any atom is 0.368 e. The minimum Gasteiger partial charge on any atom is -0.362 e. The number of rotatable bonds is 4. The van der Waals surface area contributed by atoms with Crippen LogP contribution >= 0.6 is 11.6 Å². The van der Waals surface area contributed by atoms with Crippen molar-refractivity contribution < 1.29 is 13.5 Å². The van der Waals surface area contributed by atoms with E-state index in [1.165, 1.54) is 6.07 Å². The molecular weight excluding hydrogens is 366 g/mol. The Morgan fingerprint density at radius 3 is 2.50 bits per heavy atom. The Hall–Kier alpha value is -2.58. The molecule has 2 aromatic carbocycles. The summed E-state index contributed by atoms with van der Waals surface area (Å²) in [6.45, 7) is 1.87. The molecule has 3 aromatic rings. The fourth-order valence-electron chi connectivity index (χ4n) is 2.97. The van der Waals surface area contributed by atoms with Gasteiger partial charge < -0.3 is 4.74 Å². The fourth-order valence-corrected chi connectivity index (χ4v) is 3.10. The van der Waals surface area contributed by atoms with Crippen molar-refractivity contribution >= 4 is 11.6 Å². The first-order valence-electron chi connectivity index (χ1n) is 7.82. The van der Waals surface area contributed by atoms with Crippen LogP contribution in [-0.2, 0) is 10.3 Å². The maximum absolute atomic E-state index is 14.2. The smallest absolute Gasteiger partial charge is 0.362 e. The zero-order chi connectivity index (χ0) is 18.5. The van der Waals surface area contributed by atoms with E-state index in [1.54, 1.807) is 31.2 Å². The van der Waals surface area contributed by atoms with Gasteiger partial charge in [-0.3, -0.25) is 0 Å². The van der Waals surface area contributed by atoms with E-state index in [4.69, 9.17) is 16.3 Å². The Morgan fingerprint density at radius 1 is 1.19 bits per heavy atom. The second-order valence-electron chi connectivity index (χ2n) is 6.07. The van der Waals surface area contributed by atoms with Crippen LogP contribution in [0.2, 0.25) is 5.02 Å². The highest BCUT2D eigenvalue weighted by Gasteiger charge is 2.54. The molecule has 134 valence electrons. The van der Waals surface area contributed by atoms with Crippen LogP contribution in [0.3, 0.4) is 0 Å². The second-order valence-corrected chi connectivity index (χ2v) is 6.51. The van der Waals surface area contributed by atoms with Crippen molar-refractivity contribution in [3.8, 4) is 5.69 Å². The highest BCUT2D eigenvalue weighted by molar-refractivity contribution is 6.30. The SMILES string of the molecule is C[C@@H](n1nnn(-c2ccc(Cl)cc2)c1=O)[C@@]1(c2ccc(F)cc2F)CO1. The molecule has 9 heteroatoms. The summed E-state index contributed by atoms with van der Waals surface area (Å²) in [6, 6.07) is 9.16. The monoisotopic (exact) mass is 378 g/mol. The van der Waals surface area contributed by atoms with Crippen molar-refractivity contribution in [2.45, 2.75) is 18.6 Å². The summed E-state index contributed by atoms with van der Waals surface area (Å²) in [5.74, 6) is -1.41. The van der Waals surface area contributed by atoms with Crippen LogP contribution in [0, 0.1) is 11.6 Å². The molecule has 4 rings (SSSR count). The van der Waals surface area contributed by atoms with Gasteiger partial charge in [0.05, 0.1) is 18.3 Å². The number of aromatic nitrogens is 4. The van der Waals surface area contributed by atoms with E-state index in [0.717, 1.165) is 21.5 Å². The first kappa shape index (κ1) is 16.9. The lowest BCUT2D eigenvalue weighted by Crippen LogP contribution is -2.34. The van der Waals surface area contributed by atoms with Crippen LogP contribution in [0.4, 0.5) is 8.78 Å². The molecule has 0 amide bonds. The number of epoxide rings is 1. The Labute approximate surface area is 151 Å². The topological polar surface area (TPSA) is 65.2 Å². The first-order chi connectivity index (χ1) is 12.4. The molecule has 26 heavy (non-hydrogen) atoms.